The lowest BCUT2D eigenvalue weighted by molar-refractivity contribution is -0.122. The largest absolute Gasteiger partial charge is 0.441 e. The second kappa shape index (κ2) is 10.7. The zero-order valence-corrected chi connectivity index (χ0v) is 16.1. The van der Waals surface area contributed by atoms with E-state index >= 15 is 0 Å². The predicted molar refractivity (Wildman–Crippen MR) is 104 cm³/mol. The van der Waals surface area contributed by atoms with Gasteiger partial charge in [-0.2, -0.15) is 0 Å². The van der Waals surface area contributed by atoms with Gasteiger partial charge >= 0.3 is 0 Å². The number of benzene rings is 1. The van der Waals surface area contributed by atoms with Gasteiger partial charge in [-0.25, -0.2) is 4.98 Å². The Morgan fingerprint density at radius 3 is 2.72 bits per heavy atom. The van der Waals surface area contributed by atoms with Crippen LogP contribution >= 0.6 is 36.4 Å². The van der Waals surface area contributed by atoms with Crippen LogP contribution in [0, 0.1) is 0 Å². The van der Waals surface area contributed by atoms with Crippen molar-refractivity contribution in [2.75, 3.05) is 13.1 Å². The molecule has 1 amide bonds. The summed E-state index contributed by atoms with van der Waals surface area (Å²) in [7, 11) is 0. The van der Waals surface area contributed by atoms with Crippen molar-refractivity contribution < 1.29 is 9.21 Å². The third-order valence-electron chi connectivity index (χ3n) is 3.96. The Bertz CT molecular complexity index is 673. The molecule has 0 radical (unpaired) electrons. The lowest BCUT2D eigenvalue weighted by Crippen LogP contribution is -2.42. The summed E-state index contributed by atoms with van der Waals surface area (Å²) in [6.45, 7) is 1.93. The second-order valence-corrected chi connectivity index (χ2v) is 6.10. The first-order valence-corrected chi connectivity index (χ1v) is 8.30. The van der Waals surface area contributed by atoms with E-state index in [-0.39, 0.29) is 36.8 Å². The van der Waals surface area contributed by atoms with Gasteiger partial charge < -0.3 is 15.1 Å². The molecule has 5 nitrogen and oxygen atoms in total. The average Bonchev–Trinajstić information content (AvgIpc) is 3.03. The van der Waals surface area contributed by atoms with E-state index < -0.39 is 0 Å². The van der Waals surface area contributed by atoms with Gasteiger partial charge in [-0.3, -0.25) is 4.79 Å². The lowest BCUT2D eigenvalue weighted by Gasteiger charge is -2.23. The maximum atomic E-state index is 12.0. The van der Waals surface area contributed by atoms with Crippen LogP contribution in [0.15, 0.2) is 34.9 Å². The van der Waals surface area contributed by atoms with Crippen LogP contribution in [0.25, 0.3) is 11.3 Å². The van der Waals surface area contributed by atoms with Crippen molar-refractivity contribution >= 4 is 42.3 Å². The summed E-state index contributed by atoms with van der Waals surface area (Å²) in [6, 6.07) is 7.75. The van der Waals surface area contributed by atoms with E-state index in [4.69, 9.17) is 16.0 Å². The molecule has 138 valence electrons. The summed E-state index contributed by atoms with van der Waals surface area (Å²) in [5, 5.41) is 6.97. The van der Waals surface area contributed by atoms with E-state index in [9.17, 15) is 4.79 Å². The van der Waals surface area contributed by atoms with Crippen molar-refractivity contribution in [1.29, 1.82) is 0 Å². The number of hydrogen-bond donors (Lipinski definition) is 2. The average molecular weight is 407 g/mol. The summed E-state index contributed by atoms with van der Waals surface area (Å²) in [5.74, 6) is 1.24. The van der Waals surface area contributed by atoms with Gasteiger partial charge in [0.1, 0.15) is 0 Å². The van der Waals surface area contributed by atoms with E-state index in [1.54, 1.807) is 6.20 Å². The Hall–Kier alpha value is -1.27. The summed E-state index contributed by atoms with van der Waals surface area (Å²) >= 11 is 6.15. The fraction of sp³-hybridized carbons (Fsp3) is 0.412. The molecule has 2 N–H and O–H groups in total. The number of aromatic nitrogens is 1. The van der Waals surface area contributed by atoms with Gasteiger partial charge in [0.25, 0.3) is 0 Å². The third-order valence-corrected chi connectivity index (χ3v) is 4.29. The summed E-state index contributed by atoms with van der Waals surface area (Å²) in [6.07, 6.45) is 4.50. The van der Waals surface area contributed by atoms with Crippen LogP contribution < -0.4 is 10.6 Å². The molecule has 0 aliphatic carbocycles. The van der Waals surface area contributed by atoms with Crippen LogP contribution in [-0.4, -0.2) is 30.0 Å². The molecule has 1 aliphatic heterocycles. The highest BCUT2D eigenvalue weighted by Gasteiger charge is 2.16. The van der Waals surface area contributed by atoms with Gasteiger partial charge in [0, 0.05) is 24.4 Å². The quantitative estimate of drug-likeness (QED) is 0.795. The van der Waals surface area contributed by atoms with E-state index in [0.717, 1.165) is 31.5 Å². The van der Waals surface area contributed by atoms with Gasteiger partial charge in [-0.05, 0) is 38.1 Å². The minimum atomic E-state index is 0. The lowest BCUT2D eigenvalue weighted by atomic mass is 10.1. The van der Waals surface area contributed by atoms with Gasteiger partial charge in [0.2, 0.25) is 5.91 Å². The number of carbonyl (C=O) groups excluding carboxylic acids is 1. The number of aryl methyl sites for hydroxylation is 1. The molecule has 1 aliphatic rings. The highest BCUT2D eigenvalue weighted by Crippen LogP contribution is 2.28. The SMILES string of the molecule is Cl.Cl.O=C(CCc1ncc(-c2ccccc2Cl)o1)NC1CCNCC1. The Balaban J connectivity index is 0.00000156. The number of halogens is 3. The van der Waals surface area contributed by atoms with Crippen molar-refractivity contribution in [3.05, 3.63) is 41.4 Å². The second-order valence-electron chi connectivity index (χ2n) is 5.69. The maximum absolute atomic E-state index is 12.0. The number of piperidine rings is 1. The highest BCUT2D eigenvalue weighted by molar-refractivity contribution is 6.33. The van der Waals surface area contributed by atoms with Crippen LogP contribution in [0.2, 0.25) is 5.02 Å². The number of nitrogens with zero attached hydrogens (tertiary/aromatic N) is 1. The summed E-state index contributed by atoms with van der Waals surface area (Å²) in [5.41, 5.74) is 0.812. The van der Waals surface area contributed by atoms with Gasteiger partial charge in [-0.1, -0.05) is 23.7 Å². The molecule has 0 atom stereocenters. The molecule has 0 unspecified atom stereocenters. The number of amides is 1. The predicted octanol–water partition coefficient (Wildman–Crippen LogP) is 3.64. The van der Waals surface area contributed by atoms with Crippen molar-refractivity contribution in [3.8, 4) is 11.3 Å². The Morgan fingerprint density at radius 2 is 2.00 bits per heavy atom. The molecule has 1 aromatic carbocycles. The minimum Gasteiger partial charge on any atom is -0.441 e. The summed E-state index contributed by atoms with van der Waals surface area (Å²) < 4.78 is 5.71. The Labute approximate surface area is 164 Å². The van der Waals surface area contributed by atoms with Crippen LogP contribution in [0.5, 0.6) is 0 Å². The molecule has 1 saturated heterocycles. The van der Waals surface area contributed by atoms with Crippen molar-refractivity contribution in [2.24, 2.45) is 0 Å². The first-order chi connectivity index (χ1) is 11.2. The molecule has 25 heavy (non-hydrogen) atoms. The number of hydrogen-bond acceptors (Lipinski definition) is 4. The van der Waals surface area contributed by atoms with E-state index in [2.05, 4.69) is 15.6 Å². The molecule has 8 heteroatoms. The highest BCUT2D eigenvalue weighted by atomic mass is 35.5. The first kappa shape index (κ1) is 21.8. The zero-order valence-electron chi connectivity index (χ0n) is 13.7. The molecule has 0 saturated carbocycles. The van der Waals surface area contributed by atoms with Gasteiger partial charge in [0.05, 0.1) is 11.2 Å². The number of nitrogens with one attached hydrogen (secondary N) is 2. The number of oxazole rings is 1. The van der Waals surface area contributed by atoms with Crippen LogP contribution in [0.1, 0.15) is 25.2 Å². The number of carbonyl (C=O) groups is 1. The minimum absolute atomic E-state index is 0. The molecule has 3 rings (SSSR count). The molecule has 1 aromatic heterocycles. The third kappa shape index (κ3) is 6.19. The monoisotopic (exact) mass is 405 g/mol. The van der Waals surface area contributed by atoms with E-state index in [1.807, 2.05) is 24.3 Å². The molecule has 2 aromatic rings. The summed E-state index contributed by atoms with van der Waals surface area (Å²) in [4.78, 5) is 16.2. The smallest absolute Gasteiger partial charge is 0.220 e. The first-order valence-electron chi connectivity index (χ1n) is 7.92. The molecule has 1 fully saturated rings. The molecular formula is C17H22Cl3N3O2. The molecule has 2 heterocycles. The molecular weight excluding hydrogens is 385 g/mol. The fourth-order valence-electron chi connectivity index (χ4n) is 2.70. The fourth-order valence-corrected chi connectivity index (χ4v) is 2.93. The normalized spacial score (nSPS) is 14.3. The van der Waals surface area contributed by atoms with Crippen molar-refractivity contribution in [2.45, 2.75) is 31.7 Å². The standard InChI is InChI=1S/C17H20ClN3O2.2ClH/c18-14-4-2-1-3-13(14)15-11-20-17(23-15)6-5-16(22)21-12-7-9-19-10-8-12;;/h1-4,11-12,19H,5-10H2,(H,21,22);2*1H. The van der Waals surface area contributed by atoms with Crippen LogP contribution in [0.3, 0.4) is 0 Å². The Morgan fingerprint density at radius 1 is 1.28 bits per heavy atom. The topological polar surface area (TPSA) is 67.2 Å². The van der Waals surface area contributed by atoms with Crippen molar-refractivity contribution in [3.63, 3.8) is 0 Å². The molecule has 0 bridgehead atoms. The van der Waals surface area contributed by atoms with E-state index in [0.29, 0.717) is 29.5 Å². The van der Waals surface area contributed by atoms with Gasteiger partial charge in [-0.15, -0.1) is 24.8 Å². The Kier molecular flexibility index (Phi) is 9.28. The van der Waals surface area contributed by atoms with Gasteiger partial charge in [0.15, 0.2) is 11.7 Å². The molecule has 0 spiro atoms. The van der Waals surface area contributed by atoms with Crippen LogP contribution in [-0.2, 0) is 11.2 Å². The van der Waals surface area contributed by atoms with Crippen molar-refractivity contribution in [1.82, 2.24) is 15.6 Å². The van der Waals surface area contributed by atoms with Crippen LogP contribution in [0.4, 0.5) is 0 Å². The maximum Gasteiger partial charge on any atom is 0.220 e. The number of rotatable bonds is 5. The van der Waals surface area contributed by atoms with E-state index in [1.165, 1.54) is 0 Å². The zero-order chi connectivity index (χ0) is 16.1.